The van der Waals surface area contributed by atoms with Crippen molar-refractivity contribution in [1.82, 2.24) is 9.55 Å². The van der Waals surface area contributed by atoms with Crippen molar-refractivity contribution >= 4 is 27.5 Å². The highest BCUT2D eigenvalue weighted by Gasteiger charge is 2.15. The Morgan fingerprint density at radius 2 is 2.26 bits per heavy atom. The van der Waals surface area contributed by atoms with Crippen molar-refractivity contribution in [2.24, 2.45) is 0 Å². The average molecular weight is 344 g/mol. The van der Waals surface area contributed by atoms with Crippen LogP contribution in [0.1, 0.15) is 30.8 Å². The van der Waals surface area contributed by atoms with E-state index in [2.05, 4.69) is 32.4 Å². The molecule has 0 radical (unpaired) electrons. The van der Waals surface area contributed by atoms with Gasteiger partial charge in [0.15, 0.2) is 0 Å². The number of aromatic nitrogens is 2. The molecular weight excluding hydrogens is 328 g/mol. The zero-order valence-corrected chi connectivity index (χ0v) is 13.0. The Kier molecular flexibility index (Phi) is 5.02. The molecule has 102 valence electrons. The third-order valence-corrected chi connectivity index (χ3v) is 3.78. The van der Waals surface area contributed by atoms with Gasteiger partial charge in [-0.05, 0) is 24.1 Å². The summed E-state index contributed by atoms with van der Waals surface area (Å²) in [5, 5.41) is 10.9. The number of imidazole rings is 1. The highest BCUT2D eigenvalue weighted by Crippen LogP contribution is 2.28. The van der Waals surface area contributed by atoms with E-state index in [1.165, 1.54) is 0 Å². The number of hydrogen-bond acceptors (Lipinski definition) is 2. The van der Waals surface area contributed by atoms with E-state index in [4.69, 9.17) is 11.6 Å². The van der Waals surface area contributed by atoms with Crippen LogP contribution >= 0.6 is 27.5 Å². The molecule has 0 aliphatic heterocycles. The van der Waals surface area contributed by atoms with Crippen LogP contribution in [0, 0.1) is 0 Å². The molecule has 0 saturated heterocycles. The van der Waals surface area contributed by atoms with Crippen LogP contribution in [-0.2, 0) is 13.0 Å². The summed E-state index contributed by atoms with van der Waals surface area (Å²) in [7, 11) is 0. The molecule has 1 unspecified atom stereocenters. The SMILES string of the molecule is CCCn1ccnc1CC(O)c1ccc(Br)cc1Cl. The Morgan fingerprint density at radius 1 is 1.47 bits per heavy atom. The molecule has 3 nitrogen and oxygen atoms in total. The summed E-state index contributed by atoms with van der Waals surface area (Å²) in [6.07, 6.45) is 4.57. The van der Waals surface area contributed by atoms with Crippen molar-refractivity contribution in [2.45, 2.75) is 32.4 Å². The summed E-state index contributed by atoms with van der Waals surface area (Å²) in [6.45, 7) is 3.03. The van der Waals surface area contributed by atoms with Crippen LogP contribution in [0.4, 0.5) is 0 Å². The fraction of sp³-hybridized carbons (Fsp3) is 0.357. The molecule has 0 aliphatic rings. The highest BCUT2D eigenvalue weighted by molar-refractivity contribution is 9.10. The topological polar surface area (TPSA) is 38.0 Å². The fourth-order valence-electron chi connectivity index (χ4n) is 2.03. The summed E-state index contributed by atoms with van der Waals surface area (Å²) >= 11 is 9.50. The summed E-state index contributed by atoms with van der Waals surface area (Å²) in [5.74, 6) is 0.883. The lowest BCUT2D eigenvalue weighted by molar-refractivity contribution is 0.174. The van der Waals surface area contributed by atoms with Crippen molar-refractivity contribution in [3.63, 3.8) is 0 Å². The van der Waals surface area contributed by atoms with Crippen molar-refractivity contribution in [3.05, 3.63) is 51.5 Å². The third kappa shape index (κ3) is 3.59. The van der Waals surface area contributed by atoms with Crippen LogP contribution in [0.2, 0.25) is 5.02 Å². The van der Waals surface area contributed by atoms with Gasteiger partial charge in [0.25, 0.3) is 0 Å². The van der Waals surface area contributed by atoms with E-state index < -0.39 is 6.10 Å². The van der Waals surface area contributed by atoms with E-state index in [1.54, 1.807) is 12.3 Å². The maximum Gasteiger partial charge on any atom is 0.111 e. The Balaban J connectivity index is 2.16. The first-order valence-corrected chi connectivity index (χ1v) is 7.42. The molecular formula is C14H16BrClN2O. The van der Waals surface area contributed by atoms with Gasteiger partial charge in [0, 0.05) is 34.9 Å². The Bertz CT molecular complexity index is 556. The predicted molar refractivity (Wildman–Crippen MR) is 80.3 cm³/mol. The molecule has 0 fully saturated rings. The maximum absolute atomic E-state index is 10.3. The van der Waals surface area contributed by atoms with E-state index in [1.807, 2.05) is 18.3 Å². The second-order valence-corrected chi connectivity index (χ2v) is 5.75. The molecule has 5 heteroatoms. The van der Waals surface area contributed by atoms with Gasteiger partial charge in [-0.1, -0.05) is 40.5 Å². The van der Waals surface area contributed by atoms with Crippen LogP contribution in [0.25, 0.3) is 0 Å². The van der Waals surface area contributed by atoms with Crippen LogP contribution in [0.3, 0.4) is 0 Å². The Morgan fingerprint density at radius 3 is 2.95 bits per heavy atom. The normalized spacial score (nSPS) is 12.6. The fourth-order valence-corrected chi connectivity index (χ4v) is 2.83. The van der Waals surface area contributed by atoms with E-state index in [-0.39, 0.29) is 0 Å². The quantitative estimate of drug-likeness (QED) is 0.891. The third-order valence-electron chi connectivity index (χ3n) is 2.96. The molecule has 1 heterocycles. The molecule has 1 N–H and O–H groups in total. The number of aryl methyl sites for hydroxylation is 1. The molecule has 1 atom stereocenters. The number of aliphatic hydroxyl groups is 1. The Labute approximate surface area is 126 Å². The molecule has 19 heavy (non-hydrogen) atoms. The number of halogens is 2. The van der Waals surface area contributed by atoms with Crippen LogP contribution in [0.15, 0.2) is 35.1 Å². The van der Waals surface area contributed by atoms with Crippen molar-refractivity contribution in [1.29, 1.82) is 0 Å². The van der Waals surface area contributed by atoms with E-state index in [0.717, 1.165) is 28.8 Å². The van der Waals surface area contributed by atoms with Gasteiger partial charge in [-0.3, -0.25) is 0 Å². The molecule has 0 spiro atoms. The van der Waals surface area contributed by atoms with Crippen LogP contribution in [-0.4, -0.2) is 14.7 Å². The first-order valence-electron chi connectivity index (χ1n) is 6.24. The standard InChI is InChI=1S/C14H16BrClN2O/c1-2-6-18-7-5-17-14(18)9-13(19)11-4-3-10(15)8-12(11)16/h3-5,7-8,13,19H,2,6,9H2,1H3. The molecule has 0 saturated carbocycles. The first kappa shape index (κ1) is 14.6. The minimum atomic E-state index is -0.640. The molecule has 0 bridgehead atoms. The van der Waals surface area contributed by atoms with Gasteiger partial charge in [0.05, 0.1) is 6.10 Å². The van der Waals surface area contributed by atoms with E-state index in [0.29, 0.717) is 11.4 Å². The number of hydrogen-bond donors (Lipinski definition) is 1. The number of benzene rings is 1. The largest absolute Gasteiger partial charge is 0.388 e. The lowest BCUT2D eigenvalue weighted by Gasteiger charge is -2.14. The minimum absolute atomic E-state index is 0.467. The van der Waals surface area contributed by atoms with Gasteiger partial charge in [-0.15, -0.1) is 0 Å². The monoisotopic (exact) mass is 342 g/mol. The Hall–Kier alpha value is -0.840. The summed E-state index contributed by atoms with van der Waals surface area (Å²) in [5.41, 5.74) is 0.732. The lowest BCUT2D eigenvalue weighted by atomic mass is 10.1. The number of aliphatic hydroxyl groups excluding tert-OH is 1. The summed E-state index contributed by atoms with van der Waals surface area (Å²) in [4.78, 5) is 4.30. The molecule has 1 aromatic carbocycles. The zero-order valence-electron chi connectivity index (χ0n) is 10.7. The molecule has 2 rings (SSSR count). The second-order valence-electron chi connectivity index (χ2n) is 4.42. The number of rotatable bonds is 5. The average Bonchev–Trinajstić information content (AvgIpc) is 2.77. The van der Waals surface area contributed by atoms with Crippen LogP contribution in [0.5, 0.6) is 0 Å². The molecule has 0 aliphatic carbocycles. The number of nitrogens with zero attached hydrogens (tertiary/aromatic N) is 2. The summed E-state index contributed by atoms with van der Waals surface area (Å²) < 4.78 is 2.97. The van der Waals surface area contributed by atoms with Gasteiger partial charge in [-0.25, -0.2) is 4.98 Å². The molecule has 1 aromatic heterocycles. The van der Waals surface area contributed by atoms with Gasteiger partial charge in [-0.2, -0.15) is 0 Å². The first-order chi connectivity index (χ1) is 9.11. The second kappa shape index (κ2) is 6.55. The smallest absolute Gasteiger partial charge is 0.111 e. The van der Waals surface area contributed by atoms with Crippen LogP contribution < -0.4 is 0 Å². The lowest BCUT2D eigenvalue weighted by Crippen LogP contribution is -2.09. The highest BCUT2D eigenvalue weighted by atomic mass is 79.9. The van der Waals surface area contributed by atoms with Gasteiger partial charge < -0.3 is 9.67 Å². The van der Waals surface area contributed by atoms with E-state index in [9.17, 15) is 5.11 Å². The van der Waals surface area contributed by atoms with Crippen molar-refractivity contribution < 1.29 is 5.11 Å². The predicted octanol–water partition coefficient (Wildman–Crippen LogP) is 3.99. The summed E-state index contributed by atoms with van der Waals surface area (Å²) in [6, 6.07) is 5.51. The van der Waals surface area contributed by atoms with Gasteiger partial charge in [0.1, 0.15) is 5.82 Å². The molecule has 2 aromatic rings. The maximum atomic E-state index is 10.3. The molecule has 0 amide bonds. The van der Waals surface area contributed by atoms with Crippen molar-refractivity contribution in [2.75, 3.05) is 0 Å². The van der Waals surface area contributed by atoms with E-state index >= 15 is 0 Å². The zero-order chi connectivity index (χ0) is 13.8. The van der Waals surface area contributed by atoms with Gasteiger partial charge >= 0.3 is 0 Å². The minimum Gasteiger partial charge on any atom is -0.388 e. The van der Waals surface area contributed by atoms with Crippen molar-refractivity contribution in [3.8, 4) is 0 Å². The van der Waals surface area contributed by atoms with Gasteiger partial charge in [0.2, 0.25) is 0 Å².